The maximum absolute atomic E-state index is 11.9. The van der Waals surface area contributed by atoms with Gasteiger partial charge >= 0.3 is 0 Å². The van der Waals surface area contributed by atoms with Crippen LogP contribution in [0.25, 0.3) is 0 Å². The molecule has 0 spiro atoms. The van der Waals surface area contributed by atoms with Crippen molar-refractivity contribution in [2.24, 2.45) is 22.7 Å². The Morgan fingerprint density at radius 2 is 1.83 bits per heavy atom. The number of hydrogen-bond acceptors (Lipinski definition) is 2. The molecule has 4 aliphatic rings. The van der Waals surface area contributed by atoms with Gasteiger partial charge in [0.2, 0.25) is 0 Å². The molecule has 126 valence electrons. The van der Waals surface area contributed by atoms with E-state index in [1.54, 1.807) is 5.57 Å². The van der Waals surface area contributed by atoms with Crippen molar-refractivity contribution in [3.8, 4) is 0 Å². The number of aliphatic hydroxyl groups is 1. The summed E-state index contributed by atoms with van der Waals surface area (Å²) < 4.78 is 0. The van der Waals surface area contributed by atoms with Crippen LogP contribution in [0.5, 0.6) is 0 Å². The summed E-state index contributed by atoms with van der Waals surface area (Å²) in [6.45, 7) is 6.86. The number of allylic oxidation sites excluding steroid dienone is 2. The number of hydrogen-bond donors (Lipinski definition) is 1. The largest absolute Gasteiger partial charge is 0.389 e. The first kappa shape index (κ1) is 15.6. The first-order chi connectivity index (χ1) is 10.8. The maximum Gasteiger partial charge on any atom is 0.155 e. The summed E-state index contributed by atoms with van der Waals surface area (Å²) >= 11 is 0. The maximum atomic E-state index is 11.9. The fraction of sp³-hybridized carbons (Fsp3) is 0.762. The standard InChI is InChI=1S/C21H30O2/c1-4-14-5-7-17-18-8-6-15-13-16(22)9-10-20(15,3)21(18,23)12-11-19(14,17)2/h4,13,17-18,23H,5-12H2,1-3H3/t17-,18-,19+,20-,21+/m0/s1. The van der Waals surface area contributed by atoms with E-state index in [9.17, 15) is 9.90 Å². The molecule has 0 aromatic heterocycles. The third-order valence-corrected chi connectivity index (χ3v) is 8.35. The Morgan fingerprint density at radius 3 is 2.57 bits per heavy atom. The van der Waals surface area contributed by atoms with Gasteiger partial charge in [-0.25, -0.2) is 0 Å². The van der Waals surface area contributed by atoms with E-state index in [4.69, 9.17) is 0 Å². The summed E-state index contributed by atoms with van der Waals surface area (Å²) in [5.74, 6) is 1.27. The van der Waals surface area contributed by atoms with Gasteiger partial charge in [-0.15, -0.1) is 0 Å². The second-order valence-corrected chi connectivity index (χ2v) is 8.91. The van der Waals surface area contributed by atoms with E-state index in [1.807, 2.05) is 6.08 Å². The second kappa shape index (κ2) is 4.81. The van der Waals surface area contributed by atoms with Crippen molar-refractivity contribution in [3.63, 3.8) is 0 Å². The Hall–Kier alpha value is -0.890. The summed E-state index contributed by atoms with van der Waals surface area (Å²) in [6, 6.07) is 0. The summed E-state index contributed by atoms with van der Waals surface area (Å²) in [6.07, 6.45) is 12.2. The van der Waals surface area contributed by atoms with Gasteiger partial charge in [0.25, 0.3) is 0 Å². The fourth-order valence-corrected chi connectivity index (χ4v) is 6.83. The average Bonchev–Trinajstić information content (AvgIpc) is 2.86. The Bertz CT molecular complexity index is 615. The molecule has 0 bridgehead atoms. The minimum absolute atomic E-state index is 0.177. The lowest BCUT2D eigenvalue weighted by Gasteiger charge is -2.62. The van der Waals surface area contributed by atoms with Crippen LogP contribution in [0.15, 0.2) is 23.3 Å². The van der Waals surface area contributed by atoms with Crippen LogP contribution in [0.3, 0.4) is 0 Å². The SMILES string of the molecule is CC=C1CC[C@H]2[C@@H]3CCC4=CC(=O)CC[C@]4(C)[C@@]3(O)CC[C@]12C. The second-order valence-electron chi connectivity index (χ2n) is 8.91. The van der Waals surface area contributed by atoms with Crippen molar-refractivity contribution in [1.82, 2.24) is 0 Å². The molecule has 2 heteroatoms. The normalized spacial score (nSPS) is 51.0. The van der Waals surface area contributed by atoms with Crippen molar-refractivity contribution < 1.29 is 9.90 Å². The fourth-order valence-electron chi connectivity index (χ4n) is 6.83. The van der Waals surface area contributed by atoms with Crippen LogP contribution in [0.2, 0.25) is 0 Å². The van der Waals surface area contributed by atoms with Crippen molar-refractivity contribution in [2.75, 3.05) is 0 Å². The topological polar surface area (TPSA) is 37.3 Å². The lowest BCUT2D eigenvalue weighted by Crippen LogP contribution is -2.62. The van der Waals surface area contributed by atoms with E-state index >= 15 is 0 Å². The zero-order valence-corrected chi connectivity index (χ0v) is 14.8. The molecule has 0 heterocycles. The van der Waals surface area contributed by atoms with Crippen LogP contribution >= 0.6 is 0 Å². The molecule has 0 aromatic carbocycles. The van der Waals surface area contributed by atoms with E-state index in [2.05, 4.69) is 26.8 Å². The summed E-state index contributed by atoms with van der Waals surface area (Å²) in [7, 11) is 0. The van der Waals surface area contributed by atoms with Gasteiger partial charge < -0.3 is 5.11 Å². The van der Waals surface area contributed by atoms with Gasteiger partial charge in [0.05, 0.1) is 5.60 Å². The molecular weight excluding hydrogens is 284 g/mol. The molecule has 2 nitrogen and oxygen atoms in total. The van der Waals surface area contributed by atoms with Crippen molar-refractivity contribution in [2.45, 2.75) is 77.7 Å². The molecule has 0 radical (unpaired) electrons. The third-order valence-electron chi connectivity index (χ3n) is 8.35. The molecule has 3 fully saturated rings. The zero-order chi connectivity index (χ0) is 16.5. The van der Waals surface area contributed by atoms with Gasteiger partial charge in [0.15, 0.2) is 5.78 Å². The molecule has 0 amide bonds. The van der Waals surface area contributed by atoms with Crippen LogP contribution in [0.1, 0.15) is 72.1 Å². The molecule has 0 saturated heterocycles. The van der Waals surface area contributed by atoms with Gasteiger partial charge in [0.1, 0.15) is 0 Å². The van der Waals surface area contributed by atoms with E-state index in [-0.39, 0.29) is 11.2 Å². The predicted molar refractivity (Wildman–Crippen MR) is 91.9 cm³/mol. The highest BCUT2D eigenvalue weighted by molar-refractivity contribution is 5.91. The quantitative estimate of drug-likeness (QED) is 0.665. The molecule has 0 unspecified atom stereocenters. The molecule has 0 aliphatic heterocycles. The number of rotatable bonds is 0. The van der Waals surface area contributed by atoms with Crippen molar-refractivity contribution >= 4 is 5.78 Å². The van der Waals surface area contributed by atoms with Crippen molar-refractivity contribution in [1.29, 1.82) is 0 Å². The minimum atomic E-state index is -0.606. The molecule has 4 aliphatic carbocycles. The molecule has 5 atom stereocenters. The van der Waals surface area contributed by atoms with Crippen LogP contribution in [0, 0.1) is 22.7 Å². The molecule has 4 rings (SSSR count). The number of fused-ring (bicyclic) bond motifs is 5. The summed E-state index contributed by atoms with van der Waals surface area (Å²) in [5.41, 5.74) is 2.37. The van der Waals surface area contributed by atoms with Crippen LogP contribution in [-0.2, 0) is 4.79 Å². The highest BCUT2D eigenvalue weighted by Crippen LogP contribution is 2.67. The van der Waals surface area contributed by atoms with Gasteiger partial charge in [-0.05, 0) is 75.2 Å². The smallest absolute Gasteiger partial charge is 0.155 e. The van der Waals surface area contributed by atoms with Gasteiger partial charge in [-0.1, -0.05) is 31.1 Å². The summed E-state index contributed by atoms with van der Waals surface area (Å²) in [5, 5.41) is 11.9. The van der Waals surface area contributed by atoms with Crippen LogP contribution in [-0.4, -0.2) is 16.5 Å². The molecule has 23 heavy (non-hydrogen) atoms. The van der Waals surface area contributed by atoms with Crippen LogP contribution in [0.4, 0.5) is 0 Å². The Kier molecular flexibility index (Phi) is 3.27. The van der Waals surface area contributed by atoms with Crippen molar-refractivity contribution in [3.05, 3.63) is 23.3 Å². The monoisotopic (exact) mass is 314 g/mol. The number of carbonyl (C=O) groups excluding carboxylic acids is 1. The van der Waals surface area contributed by atoms with E-state index in [0.29, 0.717) is 23.7 Å². The minimum Gasteiger partial charge on any atom is -0.389 e. The highest BCUT2D eigenvalue weighted by atomic mass is 16.3. The lowest BCUT2D eigenvalue weighted by molar-refractivity contribution is -0.183. The zero-order valence-electron chi connectivity index (χ0n) is 14.8. The van der Waals surface area contributed by atoms with E-state index < -0.39 is 5.60 Å². The van der Waals surface area contributed by atoms with Gasteiger partial charge in [-0.2, -0.15) is 0 Å². The predicted octanol–water partition coefficient (Wildman–Crippen LogP) is 4.58. The van der Waals surface area contributed by atoms with E-state index in [0.717, 1.165) is 32.1 Å². The van der Waals surface area contributed by atoms with Crippen LogP contribution < -0.4 is 0 Å². The summed E-state index contributed by atoms with van der Waals surface area (Å²) in [4.78, 5) is 11.9. The highest BCUT2D eigenvalue weighted by Gasteiger charge is 2.64. The van der Waals surface area contributed by atoms with E-state index in [1.165, 1.54) is 18.4 Å². The average molecular weight is 314 g/mol. The molecular formula is C21H30O2. The third kappa shape index (κ3) is 1.82. The number of carbonyl (C=O) groups is 1. The first-order valence-corrected chi connectivity index (χ1v) is 9.47. The molecule has 0 aromatic rings. The molecule has 3 saturated carbocycles. The Balaban J connectivity index is 1.76. The Morgan fingerprint density at radius 1 is 1.09 bits per heavy atom. The first-order valence-electron chi connectivity index (χ1n) is 9.47. The van der Waals surface area contributed by atoms with Gasteiger partial charge in [0, 0.05) is 11.8 Å². The van der Waals surface area contributed by atoms with Gasteiger partial charge in [-0.3, -0.25) is 4.79 Å². The molecule has 1 N–H and O–H groups in total. The number of ketones is 1. The Labute approximate surface area is 140 Å². The lowest BCUT2D eigenvalue weighted by atomic mass is 9.45.